The highest BCUT2D eigenvalue weighted by molar-refractivity contribution is 5.94. The predicted molar refractivity (Wildman–Crippen MR) is 121 cm³/mol. The SMILES string of the molecule is COC(=O)C(NC(=O)C1(Cc2ccc(F)cc2)CCCN1C(=O)OCc1ccccc1)C(C)O. The maximum absolute atomic E-state index is 13.6. The third-order valence-electron chi connectivity index (χ3n) is 5.97. The molecular weight excluding hydrogens is 443 g/mol. The predicted octanol–water partition coefficient (Wildman–Crippen LogP) is 2.58. The fraction of sp³-hybridized carbons (Fsp3) is 0.400. The molecule has 3 rings (SSSR count). The molecule has 3 atom stereocenters. The lowest BCUT2D eigenvalue weighted by Crippen LogP contribution is -2.62. The largest absolute Gasteiger partial charge is 0.467 e. The third kappa shape index (κ3) is 5.72. The monoisotopic (exact) mass is 472 g/mol. The van der Waals surface area contributed by atoms with Crippen LogP contribution < -0.4 is 5.32 Å². The van der Waals surface area contributed by atoms with Crippen LogP contribution >= 0.6 is 0 Å². The van der Waals surface area contributed by atoms with E-state index in [2.05, 4.69) is 5.32 Å². The van der Waals surface area contributed by atoms with Gasteiger partial charge in [-0.25, -0.2) is 14.0 Å². The van der Waals surface area contributed by atoms with E-state index in [1.165, 1.54) is 24.0 Å². The van der Waals surface area contributed by atoms with Crippen molar-refractivity contribution in [2.24, 2.45) is 0 Å². The Labute approximate surface area is 197 Å². The van der Waals surface area contributed by atoms with Crippen molar-refractivity contribution in [1.82, 2.24) is 10.2 Å². The number of rotatable bonds is 8. The summed E-state index contributed by atoms with van der Waals surface area (Å²) < 4.78 is 23.7. The van der Waals surface area contributed by atoms with Crippen LogP contribution in [-0.4, -0.2) is 59.3 Å². The van der Waals surface area contributed by atoms with Crippen LogP contribution in [0.1, 0.15) is 30.9 Å². The number of nitrogens with zero attached hydrogens (tertiary/aromatic N) is 1. The van der Waals surface area contributed by atoms with Crippen LogP contribution in [0.2, 0.25) is 0 Å². The Kier molecular flexibility index (Phi) is 8.22. The number of hydrogen-bond acceptors (Lipinski definition) is 6. The number of carbonyl (C=O) groups is 3. The number of halogens is 1. The maximum atomic E-state index is 13.6. The van der Waals surface area contributed by atoms with E-state index in [0.717, 1.165) is 12.7 Å². The molecule has 1 heterocycles. The number of carbonyl (C=O) groups excluding carboxylic acids is 3. The smallest absolute Gasteiger partial charge is 0.411 e. The second-order valence-electron chi connectivity index (χ2n) is 8.35. The van der Waals surface area contributed by atoms with Gasteiger partial charge in [-0.15, -0.1) is 0 Å². The van der Waals surface area contributed by atoms with E-state index >= 15 is 0 Å². The Morgan fingerprint density at radius 2 is 1.79 bits per heavy atom. The number of methoxy groups -OCH3 is 1. The first-order valence-corrected chi connectivity index (χ1v) is 11.1. The molecular formula is C25H29FN2O6. The topological polar surface area (TPSA) is 105 Å². The summed E-state index contributed by atoms with van der Waals surface area (Å²) in [6.45, 7) is 1.65. The average molecular weight is 473 g/mol. The maximum Gasteiger partial charge on any atom is 0.411 e. The second kappa shape index (κ2) is 11.1. The quantitative estimate of drug-likeness (QED) is 0.573. The molecule has 182 valence electrons. The fourth-order valence-corrected chi connectivity index (χ4v) is 4.16. The summed E-state index contributed by atoms with van der Waals surface area (Å²) in [6.07, 6.45) is -1.01. The van der Waals surface area contributed by atoms with Crippen molar-refractivity contribution < 1.29 is 33.4 Å². The van der Waals surface area contributed by atoms with E-state index in [4.69, 9.17) is 9.47 Å². The lowest BCUT2D eigenvalue weighted by atomic mass is 9.86. The zero-order valence-corrected chi connectivity index (χ0v) is 19.2. The average Bonchev–Trinajstić information content (AvgIpc) is 3.27. The Balaban J connectivity index is 1.89. The number of likely N-dealkylation sites (tertiary alicyclic amines) is 1. The molecule has 1 fully saturated rings. The van der Waals surface area contributed by atoms with Crippen molar-refractivity contribution in [2.45, 2.75) is 50.5 Å². The molecule has 8 nitrogen and oxygen atoms in total. The summed E-state index contributed by atoms with van der Waals surface area (Å²) in [5, 5.41) is 12.6. The standard InChI is InChI=1S/C25H29FN2O6/c1-17(29)21(22(30)33-2)27-23(31)25(15-18-9-11-20(26)12-10-18)13-6-14-28(25)24(32)34-16-19-7-4-3-5-8-19/h3-5,7-12,17,21,29H,6,13-16H2,1-2H3,(H,27,31). The van der Waals surface area contributed by atoms with Gasteiger partial charge in [0.15, 0.2) is 6.04 Å². The van der Waals surface area contributed by atoms with Crippen molar-refractivity contribution in [3.8, 4) is 0 Å². The number of ether oxygens (including phenoxy) is 2. The van der Waals surface area contributed by atoms with Crippen molar-refractivity contribution in [3.63, 3.8) is 0 Å². The zero-order valence-electron chi connectivity index (χ0n) is 19.2. The van der Waals surface area contributed by atoms with Crippen molar-refractivity contribution in [3.05, 3.63) is 71.5 Å². The first-order valence-electron chi connectivity index (χ1n) is 11.1. The molecule has 34 heavy (non-hydrogen) atoms. The van der Waals surface area contributed by atoms with Gasteiger partial charge in [-0.3, -0.25) is 9.69 Å². The molecule has 0 aromatic heterocycles. The number of aliphatic hydroxyl groups excluding tert-OH is 1. The summed E-state index contributed by atoms with van der Waals surface area (Å²) in [6, 6.07) is 13.5. The molecule has 0 saturated carbocycles. The van der Waals surface area contributed by atoms with Gasteiger partial charge in [0.2, 0.25) is 5.91 Å². The third-order valence-corrected chi connectivity index (χ3v) is 5.97. The highest BCUT2D eigenvalue weighted by Crippen LogP contribution is 2.34. The Morgan fingerprint density at radius 3 is 2.41 bits per heavy atom. The van der Waals surface area contributed by atoms with Crippen LogP contribution in [0.3, 0.4) is 0 Å². The molecule has 0 radical (unpaired) electrons. The van der Waals surface area contributed by atoms with Gasteiger partial charge in [-0.05, 0) is 43.0 Å². The first-order chi connectivity index (χ1) is 16.3. The minimum atomic E-state index is -1.40. The second-order valence-corrected chi connectivity index (χ2v) is 8.35. The van der Waals surface area contributed by atoms with Gasteiger partial charge in [0.1, 0.15) is 18.0 Å². The molecule has 2 N–H and O–H groups in total. The number of esters is 1. The fourth-order valence-electron chi connectivity index (χ4n) is 4.16. The van der Waals surface area contributed by atoms with Crippen LogP contribution in [0.25, 0.3) is 0 Å². The number of aliphatic hydroxyl groups is 1. The van der Waals surface area contributed by atoms with Crippen LogP contribution in [-0.2, 0) is 32.1 Å². The van der Waals surface area contributed by atoms with E-state index in [1.54, 1.807) is 12.1 Å². The summed E-state index contributed by atoms with van der Waals surface area (Å²) in [7, 11) is 1.15. The molecule has 1 aliphatic heterocycles. The molecule has 0 bridgehead atoms. The van der Waals surface area contributed by atoms with Crippen molar-refractivity contribution in [2.75, 3.05) is 13.7 Å². The van der Waals surface area contributed by atoms with E-state index in [-0.39, 0.29) is 19.6 Å². The van der Waals surface area contributed by atoms with Crippen molar-refractivity contribution >= 4 is 18.0 Å². The zero-order chi connectivity index (χ0) is 24.7. The molecule has 0 spiro atoms. The molecule has 2 aromatic carbocycles. The van der Waals surface area contributed by atoms with E-state index in [0.29, 0.717) is 18.4 Å². The number of nitrogens with one attached hydrogen (secondary N) is 1. The minimum absolute atomic E-state index is 0.0306. The van der Waals surface area contributed by atoms with Crippen molar-refractivity contribution in [1.29, 1.82) is 0 Å². The van der Waals surface area contributed by atoms with Gasteiger partial charge >= 0.3 is 12.1 Å². The minimum Gasteiger partial charge on any atom is -0.467 e. The van der Waals surface area contributed by atoms with E-state index in [1.807, 2.05) is 30.3 Å². The van der Waals surface area contributed by atoms with Gasteiger partial charge in [0.25, 0.3) is 0 Å². The van der Waals surface area contributed by atoms with Crippen LogP contribution in [0.15, 0.2) is 54.6 Å². The molecule has 9 heteroatoms. The molecule has 1 aliphatic rings. The lowest BCUT2D eigenvalue weighted by molar-refractivity contribution is -0.149. The van der Waals surface area contributed by atoms with Crippen LogP contribution in [0.5, 0.6) is 0 Å². The van der Waals surface area contributed by atoms with Gasteiger partial charge in [0, 0.05) is 13.0 Å². The van der Waals surface area contributed by atoms with Crippen LogP contribution in [0.4, 0.5) is 9.18 Å². The number of amides is 2. The van der Waals surface area contributed by atoms with Crippen LogP contribution in [0, 0.1) is 5.82 Å². The van der Waals surface area contributed by atoms with E-state index < -0.39 is 41.5 Å². The van der Waals surface area contributed by atoms with Gasteiger partial charge in [-0.2, -0.15) is 0 Å². The highest BCUT2D eigenvalue weighted by atomic mass is 19.1. The Hall–Kier alpha value is -3.46. The Bertz CT molecular complexity index is 998. The summed E-state index contributed by atoms with van der Waals surface area (Å²) >= 11 is 0. The summed E-state index contributed by atoms with van der Waals surface area (Å²) in [5.41, 5.74) is 0.0294. The first kappa shape index (κ1) is 25.2. The number of hydrogen-bond donors (Lipinski definition) is 2. The van der Waals surface area contributed by atoms with Gasteiger partial charge in [-0.1, -0.05) is 42.5 Å². The van der Waals surface area contributed by atoms with E-state index in [9.17, 15) is 23.9 Å². The van der Waals surface area contributed by atoms with Gasteiger partial charge in [0.05, 0.1) is 13.2 Å². The molecule has 0 aliphatic carbocycles. The molecule has 1 saturated heterocycles. The summed E-state index contributed by atoms with van der Waals surface area (Å²) in [5.74, 6) is -1.86. The molecule has 3 unspecified atom stereocenters. The molecule has 2 aromatic rings. The lowest BCUT2D eigenvalue weighted by Gasteiger charge is -2.37. The Morgan fingerprint density at radius 1 is 1.12 bits per heavy atom. The van der Waals surface area contributed by atoms with Gasteiger partial charge < -0.3 is 19.9 Å². The molecule has 2 amide bonds. The summed E-state index contributed by atoms with van der Waals surface area (Å²) in [4.78, 5) is 40.2. The number of benzene rings is 2. The normalized spacial score (nSPS) is 19.2. The highest BCUT2D eigenvalue weighted by Gasteiger charge is 2.51.